The third kappa shape index (κ3) is 7.23. The average Bonchev–Trinajstić information content (AvgIpc) is 2.81. The van der Waals surface area contributed by atoms with E-state index in [1.54, 1.807) is 0 Å². The van der Waals surface area contributed by atoms with Crippen LogP contribution in [-0.2, 0) is 6.42 Å². The first-order valence-corrected chi connectivity index (χ1v) is 13.5. The maximum absolute atomic E-state index is 6.22. The molecular weight excluding hydrogens is 424 g/mol. The van der Waals surface area contributed by atoms with Gasteiger partial charge in [0.05, 0.1) is 0 Å². The highest BCUT2D eigenvalue weighted by Crippen LogP contribution is 2.37. The second kappa shape index (κ2) is 11.0. The summed E-state index contributed by atoms with van der Waals surface area (Å²) in [5, 5.41) is 0. The fourth-order valence-electron chi connectivity index (χ4n) is 5.61. The molecule has 35 heavy (non-hydrogen) atoms. The van der Waals surface area contributed by atoms with Crippen molar-refractivity contribution in [2.75, 3.05) is 6.61 Å². The lowest BCUT2D eigenvalue weighted by atomic mass is 9.74. The number of benzene rings is 2. The van der Waals surface area contributed by atoms with E-state index in [1.807, 2.05) is 0 Å². The zero-order valence-electron chi connectivity index (χ0n) is 22.7. The van der Waals surface area contributed by atoms with Crippen LogP contribution in [0.4, 0.5) is 0 Å². The van der Waals surface area contributed by atoms with E-state index in [9.17, 15) is 0 Å². The van der Waals surface area contributed by atoms with Crippen LogP contribution in [0.3, 0.4) is 0 Å². The number of allylic oxidation sites excluding steroid dienone is 4. The molecule has 2 aromatic carbocycles. The molecule has 0 aliphatic heterocycles. The third-order valence-electron chi connectivity index (χ3n) is 7.75. The van der Waals surface area contributed by atoms with Gasteiger partial charge in [-0.2, -0.15) is 0 Å². The Balaban J connectivity index is 1.27. The fraction of sp³-hybridized carbons (Fsp3) is 0.471. The van der Waals surface area contributed by atoms with Crippen molar-refractivity contribution in [2.24, 2.45) is 23.2 Å². The van der Waals surface area contributed by atoms with Crippen molar-refractivity contribution in [1.82, 2.24) is 0 Å². The lowest BCUT2D eigenvalue weighted by molar-refractivity contribution is 0.285. The topological polar surface area (TPSA) is 9.23 Å². The van der Waals surface area contributed by atoms with Gasteiger partial charge < -0.3 is 4.74 Å². The molecule has 186 valence electrons. The van der Waals surface area contributed by atoms with Crippen molar-refractivity contribution < 1.29 is 4.74 Å². The molecule has 3 atom stereocenters. The van der Waals surface area contributed by atoms with E-state index in [0.717, 1.165) is 24.5 Å². The molecule has 3 unspecified atom stereocenters. The summed E-state index contributed by atoms with van der Waals surface area (Å²) in [6.45, 7) is 14.2. The van der Waals surface area contributed by atoms with Crippen molar-refractivity contribution in [2.45, 2.75) is 73.6 Å². The molecule has 2 aliphatic rings. The van der Waals surface area contributed by atoms with Crippen molar-refractivity contribution in [3.8, 4) is 5.75 Å². The predicted octanol–water partition coefficient (Wildman–Crippen LogP) is 9.10. The fourth-order valence-corrected chi connectivity index (χ4v) is 5.61. The summed E-state index contributed by atoms with van der Waals surface area (Å²) in [5.41, 5.74) is 8.34. The highest BCUT2D eigenvalue weighted by molar-refractivity contribution is 5.40. The average molecular weight is 469 g/mol. The van der Waals surface area contributed by atoms with Crippen LogP contribution < -0.4 is 4.74 Å². The summed E-state index contributed by atoms with van der Waals surface area (Å²) < 4.78 is 6.22. The first kappa shape index (κ1) is 25.5. The van der Waals surface area contributed by atoms with Gasteiger partial charge in [0.15, 0.2) is 0 Å². The Kier molecular flexibility index (Phi) is 8.05. The van der Waals surface area contributed by atoms with E-state index in [2.05, 4.69) is 108 Å². The van der Waals surface area contributed by atoms with E-state index in [4.69, 9.17) is 4.74 Å². The van der Waals surface area contributed by atoms with Gasteiger partial charge in [-0.15, -0.1) is 0 Å². The largest absolute Gasteiger partial charge is 0.489 e. The monoisotopic (exact) mass is 468 g/mol. The van der Waals surface area contributed by atoms with Crippen molar-refractivity contribution in [1.29, 1.82) is 0 Å². The summed E-state index contributed by atoms with van der Waals surface area (Å²) in [6, 6.07) is 13.4. The normalized spacial score (nSPS) is 22.2. The molecule has 0 aromatic heterocycles. The van der Waals surface area contributed by atoms with Gasteiger partial charge in [0.2, 0.25) is 0 Å². The molecule has 1 nitrogen and oxygen atoms in total. The van der Waals surface area contributed by atoms with Gasteiger partial charge in [-0.25, -0.2) is 0 Å². The van der Waals surface area contributed by atoms with E-state index in [0.29, 0.717) is 23.9 Å². The molecule has 0 spiro atoms. The Morgan fingerprint density at radius 2 is 1.54 bits per heavy atom. The van der Waals surface area contributed by atoms with Crippen LogP contribution in [0.25, 0.3) is 0 Å². The highest BCUT2D eigenvalue weighted by Gasteiger charge is 2.25. The number of hydrogen-bond acceptors (Lipinski definition) is 1. The smallest absolute Gasteiger partial charge is 0.122 e. The predicted molar refractivity (Wildman–Crippen MR) is 150 cm³/mol. The molecule has 0 amide bonds. The Hall–Kier alpha value is -2.54. The zero-order valence-corrected chi connectivity index (χ0v) is 22.7. The maximum Gasteiger partial charge on any atom is 0.122 e. The molecule has 0 fully saturated rings. The molecule has 0 N–H and O–H groups in total. The van der Waals surface area contributed by atoms with E-state index < -0.39 is 0 Å². The second-order valence-electron chi connectivity index (χ2n) is 12.2. The molecule has 0 saturated heterocycles. The Labute approximate surface area is 214 Å². The minimum absolute atomic E-state index is 0.420. The minimum atomic E-state index is 0.420. The summed E-state index contributed by atoms with van der Waals surface area (Å²) >= 11 is 0. The summed E-state index contributed by atoms with van der Waals surface area (Å²) in [5.74, 6) is 3.07. The van der Waals surface area contributed by atoms with Gasteiger partial charge in [0, 0.05) is 0 Å². The van der Waals surface area contributed by atoms with E-state index >= 15 is 0 Å². The molecule has 2 aromatic rings. The molecule has 0 radical (unpaired) electrons. The Bertz CT molecular complexity index is 1110. The van der Waals surface area contributed by atoms with Gasteiger partial charge >= 0.3 is 0 Å². The lowest BCUT2D eigenvalue weighted by Crippen LogP contribution is -2.20. The standard InChI is InChI=1S/C34H44O/c1-24-7-8-29(19-25(24)2)21-30-13-18-33(26(3)20-30)35-23-28-11-16-32(17-12-28)31-14-9-27(10-15-31)22-34(4,5)6/h7-9,11-14,16,18-20,27,31-32H,10,15,17,21-23H2,1-6H3. The molecular formula is C34H44O. The molecule has 0 heterocycles. The summed E-state index contributed by atoms with van der Waals surface area (Å²) in [6.07, 6.45) is 18.2. The van der Waals surface area contributed by atoms with Crippen molar-refractivity contribution >= 4 is 0 Å². The number of hydrogen-bond donors (Lipinski definition) is 0. The van der Waals surface area contributed by atoms with Gasteiger partial charge in [0.1, 0.15) is 12.4 Å². The van der Waals surface area contributed by atoms with E-state index in [-0.39, 0.29) is 0 Å². The summed E-state index contributed by atoms with van der Waals surface area (Å²) in [4.78, 5) is 0. The quantitative estimate of drug-likeness (QED) is 0.368. The second-order valence-corrected chi connectivity index (χ2v) is 12.2. The van der Waals surface area contributed by atoms with Gasteiger partial charge in [-0.05, 0) is 116 Å². The molecule has 0 bridgehead atoms. The molecule has 2 aliphatic carbocycles. The van der Waals surface area contributed by atoms with Gasteiger partial charge in [-0.1, -0.05) is 81.5 Å². The van der Waals surface area contributed by atoms with Crippen LogP contribution in [0.2, 0.25) is 0 Å². The number of ether oxygens (including phenoxy) is 1. The van der Waals surface area contributed by atoms with Gasteiger partial charge in [0.25, 0.3) is 0 Å². The minimum Gasteiger partial charge on any atom is -0.489 e. The van der Waals surface area contributed by atoms with Crippen LogP contribution >= 0.6 is 0 Å². The Morgan fingerprint density at radius 1 is 0.800 bits per heavy atom. The number of aryl methyl sites for hydroxylation is 3. The first-order chi connectivity index (χ1) is 16.7. The van der Waals surface area contributed by atoms with Crippen LogP contribution in [-0.4, -0.2) is 6.61 Å². The van der Waals surface area contributed by atoms with E-state index in [1.165, 1.54) is 52.7 Å². The zero-order chi connectivity index (χ0) is 25.0. The number of rotatable bonds is 7. The van der Waals surface area contributed by atoms with Crippen LogP contribution in [0.15, 0.2) is 72.4 Å². The summed E-state index contributed by atoms with van der Waals surface area (Å²) in [7, 11) is 0. The lowest BCUT2D eigenvalue weighted by Gasteiger charge is -2.31. The van der Waals surface area contributed by atoms with Crippen LogP contribution in [0, 0.1) is 43.9 Å². The van der Waals surface area contributed by atoms with Crippen LogP contribution in [0.1, 0.15) is 74.3 Å². The molecule has 0 saturated carbocycles. The highest BCUT2D eigenvalue weighted by atomic mass is 16.5. The first-order valence-electron chi connectivity index (χ1n) is 13.5. The maximum atomic E-state index is 6.22. The molecule has 1 heteroatoms. The molecule has 4 rings (SSSR count). The van der Waals surface area contributed by atoms with Crippen molar-refractivity contribution in [3.63, 3.8) is 0 Å². The van der Waals surface area contributed by atoms with Crippen LogP contribution in [0.5, 0.6) is 5.75 Å². The third-order valence-corrected chi connectivity index (χ3v) is 7.75. The van der Waals surface area contributed by atoms with Crippen molar-refractivity contribution in [3.05, 3.63) is 100 Å². The van der Waals surface area contributed by atoms with Gasteiger partial charge in [-0.3, -0.25) is 0 Å². The Morgan fingerprint density at radius 3 is 2.14 bits per heavy atom. The SMILES string of the molecule is Cc1ccc(Cc2ccc(OCC3=CCC(C4C=CC(CC(C)(C)C)CC4)C=C3)c(C)c2)cc1C.